The van der Waals surface area contributed by atoms with Gasteiger partial charge in [0.05, 0.1) is 13.1 Å². The third-order valence-corrected chi connectivity index (χ3v) is 7.34. The van der Waals surface area contributed by atoms with E-state index in [1.54, 1.807) is 0 Å². The summed E-state index contributed by atoms with van der Waals surface area (Å²) in [6, 6.07) is 24.8. The number of aromatic nitrogens is 1. The molecule has 4 rings (SSSR count). The van der Waals surface area contributed by atoms with E-state index in [4.69, 9.17) is 0 Å². The van der Waals surface area contributed by atoms with E-state index >= 15 is 0 Å². The van der Waals surface area contributed by atoms with E-state index in [1.807, 2.05) is 52.3 Å². The Balaban J connectivity index is 1.45. The van der Waals surface area contributed by atoms with E-state index < -0.39 is 0 Å². The van der Waals surface area contributed by atoms with Gasteiger partial charge in [0, 0.05) is 36.9 Å². The first-order chi connectivity index (χ1) is 17.8. The number of hydrogen-bond acceptors (Lipinski definition) is 2. The SMILES string of the molecule is CC(C)CCN(CC(=O)N(Cc1cccn1Cc1ccccc1)C(C)C)C(=O)C1CC1c1ccccc1. The molecule has 2 amide bonds. The quantitative estimate of drug-likeness (QED) is 0.309. The first-order valence-electron chi connectivity index (χ1n) is 13.6. The van der Waals surface area contributed by atoms with Gasteiger partial charge in [-0.05, 0) is 61.8 Å². The Hall–Kier alpha value is -3.34. The van der Waals surface area contributed by atoms with Crippen molar-refractivity contribution in [3.63, 3.8) is 0 Å². The molecule has 0 saturated heterocycles. The van der Waals surface area contributed by atoms with Crippen molar-refractivity contribution in [3.05, 3.63) is 95.8 Å². The minimum atomic E-state index is -0.0158. The summed E-state index contributed by atoms with van der Waals surface area (Å²) in [5, 5.41) is 0. The van der Waals surface area contributed by atoms with Crippen LogP contribution in [0.1, 0.15) is 63.3 Å². The first kappa shape index (κ1) is 26.7. The van der Waals surface area contributed by atoms with E-state index in [2.05, 4.69) is 68.8 Å². The zero-order chi connectivity index (χ0) is 26.4. The lowest BCUT2D eigenvalue weighted by Gasteiger charge is -2.31. The molecule has 196 valence electrons. The van der Waals surface area contributed by atoms with Crippen LogP contribution in [0.2, 0.25) is 0 Å². The molecule has 2 atom stereocenters. The van der Waals surface area contributed by atoms with Gasteiger partial charge in [-0.1, -0.05) is 74.5 Å². The van der Waals surface area contributed by atoms with Crippen LogP contribution in [0.15, 0.2) is 79.0 Å². The van der Waals surface area contributed by atoms with Crippen molar-refractivity contribution >= 4 is 11.8 Å². The van der Waals surface area contributed by atoms with Gasteiger partial charge in [-0.2, -0.15) is 0 Å². The second-order valence-corrected chi connectivity index (χ2v) is 11.0. The molecular weight excluding hydrogens is 458 g/mol. The molecule has 0 N–H and O–H groups in total. The zero-order valence-corrected chi connectivity index (χ0v) is 22.7. The van der Waals surface area contributed by atoms with Crippen molar-refractivity contribution < 1.29 is 9.59 Å². The van der Waals surface area contributed by atoms with E-state index in [9.17, 15) is 9.59 Å². The molecule has 37 heavy (non-hydrogen) atoms. The molecule has 1 aliphatic rings. The average molecular weight is 500 g/mol. The lowest BCUT2D eigenvalue weighted by molar-refractivity contribution is -0.142. The second-order valence-electron chi connectivity index (χ2n) is 11.0. The smallest absolute Gasteiger partial charge is 0.242 e. The van der Waals surface area contributed by atoms with Crippen molar-refractivity contribution in [3.8, 4) is 0 Å². The predicted octanol–water partition coefficient (Wildman–Crippen LogP) is 5.95. The Morgan fingerprint density at radius 3 is 2.24 bits per heavy atom. The van der Waals surface area contributed by atoms with Crippen LogP contribution in [-0.4, -0.2) is 45.3 Å². The molecule has 1 heterocycles. The summed E-state index contributed by atoms with van der Waals surface area (Å²) in [5.74, 6) is 0.860. The molecule has 3 aromatic rings. The van der Waals surface area contributed by atoms with Gasteiger partial charge in [0.25, 0.3) is 0 Å². The van der Waals surface area contributed by atoms with E-state index in [-0.39, 0.29) is 36.2 Å². The highest BCUT2D eigenvalue weighted by Gasteiger charge is 2.46. The Morgan fingerprint density at radius 1 is 0.919 bits per heavy atom. The molecule has 0 aliphatic heterocycles. The Bertz CT molecular complexity index is 1150. The Morgan fingerprint density at radius 2 is 1.59 bits per heavy atom. The Labute approximate surface area is 222 Å². The molecule has 0 spiro atoms. The fraction of sp³-hybridized carbons (Fsp3) is 0.438. The fourth-order valence-corrected chi connectivity index (χ4v) is 4.97. The summed E-state index contributed by atoms with van der Waals surface area (Å²) >= 11 is 0. The standard InChI is InChI=1S/C32H41N3O2/c1-24(2)17-19-34(32(37)30-20-29(30)27-14-9-6-10-15-27)23-31(36)35(25(3)4)22-28-16-11-18-33(28)21-26-12-7-5-8-13-26/h5-16,18,24-25,29-30H,17,19-23H2,1-4H3. The van der Waals surface area contributed by atoms with E-state index in [0.717, 1.165) is 25.1 Å². The topological polar surface area (TPSA) is 45.6 Å². The summed E-state index contributed by atoms with van der Waals surface area (Å²) in [7, 11) is 0. The molecule has 1 fully saturated rings. The van der Waals surface area contributed by atoms with Gasteiger partial charge in [-0.15, -0.1) is 0 Å². The maximum absolute atomic E-state index is 13.7. The van der Waals surface area contributed by atoms with E-state index in [0.29, 0.717) is 19.0 Å². The summed E-state index contributed by atoms with van der Waals surface area (Å²) in [4.78, 5) is 31.0. The normalized spacial score (nSPS) is 16.7. The van der Waals surface area contributed by atoms with Gasteiger partial charge in [0.1, 0.15) is 0 Å². The van der Waals surface area contributed by atoms with Crippen molar-refractivity contribution in [2.45, 2.75) is 65.6 Å². The number of carbonyl (C=O) groups excluding carboxylic acids is 2. The van der Waals surface area contributed by atoms with Crippen LogP contribution in [0.5, 0.6) is 0 Å². The molecular formula is C32H41N3O2. The van der Waals surface area contributed by atoms with Gasteiger partial charge in [0.15, 0.2) is 0 Å². The van der Waals surface area contributed by atoms with Crippen molar-refractivity contribution in [2.24, 2.45) is 11.8 Å². The van der Waals surface area contributed by atoms with Crippen molar-refractivity contribution in [2.75, 3.05) is 13.1 Å². The largest absolute Gasteiger partial charge is 0.345 e. The monoisotopic (exact) mass is 499 g/mol. The highest BCUT2D eigenvalue weighted by atomic mass is 16.2. The van der Waals surface area contributed by atoms with Gasteiger partial charge < -0.3 is 14.4 Å². The Kier molecular flexibility index (Phi) is 8.86. The summed E-state index contributed by atoms with van der Waals surface area (Å²) in [6.45, 7) is 10.5. The molecule has 1 aliphatic carbocycles. The third-order valence-electron chi connectivity index (χ3n) is 7.34. The number of nitrogens with zero attached hydrogens (tertiary/aromatic N) is 3. The van der Waals surface area contributed by atoms with Crippen LogP contribution in [0.3, 0.4) is 0 Å². The lowest BCUT2D eigenvalue weighted by Crippen LogP contribution is -2.46. The maximum Gasteiger partial charge on any atom is 0.242 e. The minimum absolute atomic E-state index is 0.0106. The molecule has 5 nitrogen and oxygen atoms in total. The van der Waals surface area contributed by atoms with Crippen LogP contribution < -0.4 is 0 Å². The summed E-state index contributed by atoms with van der Waals surface area (Å²) in [6.07, 6.45) is 3.83. The minimum Gasteiger partial charge on any atom is -0.345 e. The van der Waals surface area contributed by atoms with Crippen LogP contribution >= 0.6 is 0 Å². The van der Waals surface area contributed by atoms with Gasteiger partial charge in [-0.3, -0.25) is 9.59 Å². The van der Waals surface area contributed by atoms with Crippen LogP contribution in [0.4, 0.5) is 0 Å². The number of amides is 2. The second kappa shape index (κ2) is 12.3. The molecule has 1 aromatic heterocycles. The third kappa shape index (κ3) is 7.12. The molecule has 2 aromatic carbocycles. The predicted molar refractivity (Wildman–Crippen MR) is 149 cm³/mol. The number of rotatable bonds is 12. The van der Waals surface area contributed by atoms with Crippen LogP contribution in [0.25, 0.3) is 0 Å². The maximum atomic E-state index is 13.7. The molecule has 0 bridgehead atoms. The molecule has 5 heteroatoms. The first-order valence-corrected chi connectivity index (χ1v) is 13.6. The molecule has 1 saturated carbocycles. The summed E-state index contributed by atoms with van der Waals surface area (Å²) < 4.78 is 2.20. The highest BCUT2D eigenvalue weighted by Crippen LogP contribution is 2.48. The van der Waals surface area contributed by atoms with E-state index in [1.165, 1.54) is 11.1 Å². The molecule has 0 radical (unpaired) electrons. The van der Waals surface area contributed by atoms with Crippen molar-refractivity contribution in [1.82, 2.24) is 14.4 Å². The lowest BCUT2D eigenvalue weighted by atomic mass is 10.1. The number of hydrogen-bond donors (Lipinski definition) is 0. The number of benzene rings is 2. The zero-order valence-electron chi connectivity index (χ0n) is 22.7. The fourth-order valence-electron chi connectivity index (χ4n) is 4.97. The van der Waals surface area contributed by atoms with Crippen LogP contribution in [-0.2, 0) is 22.7 Å². The van der Waals surface area contributed by atoms with Crippen LogP contribution in [0, 0.1) is 11.8 Å². The average Bonchev–Trinajstić information content (AvgIpc) is 3.58. The van der Waals surface area contributed by atoms with Gasteiger partial charge in [-0.25, -0.2) is 0 Å². The van der Waals surface area contributed by atoms with Gasteiger partial charge >= 0.3 is 0 Å². The van der Waals surface area contributed by atoms with Crippen molar-refractivity contribution in [1.29, 1.82) is 0 Å². The highest BCUT2D eigenvalue weighted by molar-refractivity contribution is 5.88. The molecule has 2 unspecified atom stereocenters. The summed E-state index contributed by atoms with van der Waals surface area (Å²) in [5.41, 5.74) is 3.54. The van der Waals surface area contributed by atoms with Gasteiger partial charge in [0.2, 0.25) is 11.8 Å². The number of carbonyl (C=O) groups is 2.